The molecule has 3 heterocycles. The maximum atomic E-state index is 12.7. The summed E-state index contributed by atoms with van der Waals surface area (Å²) in [6, 6.07) is 0.665. The number of carbonyl (C=O) groups excluding carboxylic acids is 1. The Morgan fingerprint density at radius 3 is 2.41 bits per heavy atom. The molecule has 1 amide bonds. The summed E-state index contributed by atoms with van der Waals surface area (Å²) in [5.41, 5.74) is 1.58. The predicted molar refractivity (Wildman–Crippen MR) is 86.8 cm³/mol. The molecular weight excluding hydrogens is 276 g/mol. The van der Waals surface area contributed by atoms with Gasteiger partial charge in [-0.1, -0.05) is 0 Å². The average Bonchev–Trinajstić information content (AvgIpc) is 3.17. The first-order chi connectivity index (χ1) is 10.6. The van der Waals surface area contributed by atoms with Crippen LogP contribution >= 0.6 is 0 Å². The third-order valence-electron chi connectivity index (χ3n) is 5.55. The summed E-state index contributed by atoms with van der Waals surface area (Å²) in [5, 5.41) is 0. The third kappa shape index (κ3) is 2.91. The van der Waals surface area contributed by atoms with Gasteiger partial charge in [-0.2, -0.15) is 0 Å². The molecule has 2 fully saturated rings. The fourth-order valence-electron chi connectivity index (χ4n) is 4.03. The van der Waals surface area contributed by atoms with Crippen LogP contribution in [0.5, 0.6) is 0 Å². The molecule has 0 bridgehead atoms. The number of hydrogen-bond acceptors (Lipinski definition) is 3. The Hall–Kier alpha value is -1.36. The Labute approximate surface area is 133 Å². The number of aryl methyl sites for hydroxylation is 2. The highest BCUT2D eigenvalue weighted by Gasteiger charge is 2.31. The van der Waals surface area contributed by atoms with Gasteiger partial charge in [0, 0.05) is 26.2 Å². The predicted octanol–water partition coefficient (Wildman–Crippen LogP) is 2.07. The number of hydrogen-bond donors (Lipinski definition) is 0. The van der Waals surface area contributed by atoms with Crippen LogP contribution < -0.4 is 0 Å². The molecule has 0 saturated carbocycles. The first kappa shape index (κ1) is 15.5. The maximum absolute atomic E-state index is 12.7. The van der Waals surface area contributed by atoms with Crippen molar-refractivity contribution in [2.75, 3.05) is 26.2 Å². The molecule has 0 aromatic carbocycles. The van der Waals surface area contributed by atoms with Gasteiger partial charge in [0.15, 0.2) is 0 Å². The smallest absolute Gasteiger partial charge is 0.272 e. The fraction of sp³-hybridized carbons (Fsp3) is 0.765. The van der Waals surface area contributed by atoms with E-state index >= 15 is 0 Å². The second-order valence-corrected chi connectivity index (χ2v) is 6.90. The number of amides is 1. The largest absolute Gasteiger partial charge is 0.337 e. The van der Waals surface area contributed by atoms with Crippen molar-refractivity contribution in [2.45, 2.75) is 45.6 Å². The van der Waals surface area contributed by atoms with Gasteiger partial charge in [-0.15, -0.1) is 0 Å². The van der Waals surface area contributed by atoms with Gasteiger partial charge in [0.1, 0.15) is 5.69 Å². The molecule has 0 radical (unpaired) electrons. The zero-order valence-corrected chi connectivity index (χ0v) is 14.1. The Balaban J connectivity index is 1.58. The lowest BCUT2D eigenvalue weighted by atomic mass is 9.89. The second kappa shape index (κ2) is 6.41. The molecule has 5 heteroatoms. The van der Waals surface area contributed by atoms with Crippen molar-refractivity contribution < 1.29 is 4.79 Å². The molecule has 5 nitrogen and oxygen atoms in total. The van der Waals surface area contributed by atoms with E-state index in [9.17, 15) is 4.79 Å². The van der Waals surface area contributed by atoms with Crippen molar-refractivity contribution in [1.29, 1.82) is 0 Å². The van der Waals surface area contributed by atoms with Crippen molar-refractivity contribution in [1.82, 2.24) is 19.4 Å². The molecule has 0 aliphatic carbocycles. The first-order valence-corrected chi connectivity index (χ1v) is 8.59. The van der Waals surface area contributed by atoms with Gasteiger partial charge in [-0.25, -0.2) is 4.98 Å². The summed E-state index contributed by atoms with van der Waals surface area (Å²) in [4.78, 5) is 21.6. The van der Waals surface area contributed by atoms with Crippen molar-refractivity contribution >= 4 is 5.91 Å². The first-order valence-electron chi connectivity index (χ1n) is 8.59. The number of imidazole rings is 1. The van der Waals surface area contributed by atoms with Crippen LogP contribution in [0.1, 0.15) is 48.8 Å². The Morgan fingerprint density at radius 2 is 1.86 bits per heavy atom. The van der Waals surface area contributed by atoms with Crippen LogP contribution in [0, 0.1) is 12.8 Å². The van der Waals surface area contributed by atoms with E-state index in [4.69, 9.17) is 0 Å². The zero-order chi connectivity index (χ0) is 15.7. The SMILES string of the molecule is Cc1ncn(C)c1C(=O)N1CCC(C(C)N2CCCC2)CC1. The number of aromatic nitrogens is 2. The van der Waals surface area contributed by atoms with E-state index < -0.39 is 0 Å². The molecule has 22 heavy (non-hydrogen) atoms. The highest BCUT2D eigenvalue weighted by atomic mass is 16.2. The summed E-state index contributed by atoms with van der Waals surface area (Å²) in [6.45, 7) is 8.57. The third-order valence-corrected chi connectivity index (χ3v) is 5.55. The van der Waals surface area contributed by atoms with Crippen LogP contribution in [0.25, 0.3) is 0 Å². The van der Waals surface area contributed by atoms with Crippen LogP contribution in [0.3, 0.4) is 0 Å². The molecule has 0 N–H and O–H groups in total. The average molecular weight is 304 g/mol. The molecule has 3 rings (SSSR count). The van der Waals surface area contributed by atoms with Crippen LogP contribution in [0.15, 0.2) is 6.33 Å². The fourth-order valence-corrected chi connectivity index (χ4v) is 4.03. The molecule has 2 aliphatic rings. The minimum Gasteiger partial charge on any atom is -0.337 e. The Bertz CT molecular complexity index is 505. The lowest BCUT2D eigenvalue weighted by molar-refractivity contribution is 0.0614. The Morgan fingerprint density at radius 1 is 1.23 bits per heavy atom. The number of likely N-dealkylation sites (tertiary alicyclic amines) is 2. The topological polar surface area (TPSA) is 41.4 Å². The van der Waals surface area contributed by atoms with Gasteiger partial charge < -0.3 is 14.4 Å². The van der Waals surface area contributed by atoms with Gasteiger partial charge in [-0.05, 0) is 58.5 Å². The van der Waals surface area contributed by atoms with Gasteiger partial charge >= 0.3 is 0 Å². The summed E-state index contributed by atoms with van der Waals surface area (Å²) < 4.78 is 1.84. The normalized spacial score (nSPS) is 22.2. The van der Waals surface area contributed by atoms with Crippen molar-refractivity contribution in [3.63, 3.8) is 0 Å². The molecule has 1 atom stereocenters. The lowest BCUT2D eigenvalue weighted by Gasteiger charge is -2.38. The number of nitrogens with zero attached hydrogens (tertiary/aromatic N) is 4. The summed E-state index contributed by atoms with van der Waals surface area (Å²) in [6.07, 6.45) is 6.67. The van der Waals surface area contributed by atoms with Crippen molar-refractivity contribution in [3.05, 3.63) is 17.7 Å². The van der Waals surface area contributed by atoms with Crippen LogP contribution in [-0.2, 0) is 7.05 Å². The minimum atomic E-state index is 0.143. The van der Waals surface area contributed by atoms with Crippen LogP contribution in [0.2, 0.25) is 0 Å². The highest BCUT2D eigenvalue weighted by molar-refractivity contribution is 5.93. The molecule has 122 valence electrons. The van der Waals surface area contributed by atoms with Crippen molar-refractivity contribution in [3.8, 4) is 0 Å². The van der Waals surface area contributed by atoms with Gasteiger partial charge in [-0.3, -0.25) is 4.79 Å². The standard InChI is InChI=1S/C17H28N4O/c1-13-16(19(3)12-18-13)17(22)21-10-6-15(7-11-21)14(2)20-8-4-5-9-20/h12,14-15H,4-11H2,1-3H3. The highest BCUT2D eigenvalue weighted by Crippen LogP contribution is 2.27. The summed E-state index contributed by atoms with van der Waals surface area (Å²) in [7, 11) is 1.90. The van der Waals surface area contributed by atoms with Gasteiger partial charge in [0.25, 0.3) is 5.91 Å². The summed E-state index contributed by atoms with van der Waals surface area (Å²) >= 11 is 0. The quantitative estimate of drug-likeness (QED) is 0.858. The molecule has 1 aromatic rings. The number of rotatable bonds is 3. The van der Waals surface area contributed by atoms with Crippen LogP contribution in [0.4, 0.5) is 0 Å². The Kier molecular flexibility index (Phi) is 4.52. The van der Waals surface area contributed by atoms with E-state index in [1.807, 2.05) is 23.4 Å². The molecule has 2 aliphatic heterocycles. The van der Waals surface area contributed by atoms with E-state index in [1.54, 1.807) is 6.33 Å². The van der Waals surface area contributed by atoms with Crippen molar-refractivity contribution in [2.24, 2.45) is 13.0 Å². The number of carbonyl (C=O) groups is 1. The van der Waals surface area contributed by atoms with E-state index in [2.05, 4.69) is 16.8 Å². The zero-order valence-electron chi connectivity index (χ0n) is 14.1. The second-order valence-electron chi connectivity index (χ2n) is 6.90. The van der Waals surface area contributed by atoms with Gasteiger partial charge in [0.2, 0.25) is 0 Å². The van der Waals surface area contributed by atoms with E-state index in [-0.39, 0.29) is 5.91 Å². The molecule has 1 unspecified atom stereocenters. The van der Waals surface area contributed by atoms with E-state index in [0.29, 0.717) is 6.04 Å². The van der Waals surface area contributed by atoms with E-state index in [0.717, 1.165) is 43.2 Å². The molecule has 2 saturated heterocycles. The van der Waals surface area contributed by atoms with Gasteiger partial charge in [0.05, 0.1) is 12.0 Å². The maximum Gasteiger partial charge on any atom is 0.272 e. The lowest BCUT2D eigenvalue weighted by Crippen LogP contribution is -2.45. The monoisotopic (exact) mass is 304 g/mol. The molecular formula is C17H28N4O. The number of piperidine rings is 1. The molecule has 0 spiro atoms. The molecule has 1 aromatic heterocycles. The van der Waals surface area contributed by atoms with E-state index in [1.165, 1.54) is 25.9 Å². The summed E-state index contributed by atoms with van der Waals surface area (Å²) in [5.74, 6) is 0.875. The van der Waals surface area contributed by atoms with Crippen LogP contribution in [-0.4, -0.2) is 57.5 Å². The minimum absolute atomic E-state index is 0.143.